The van der Waals surface area contributed by atoms with Crippen LogP contribution in [0.2, 0.25) is 0 Å². The van der Waals surface area contributed by atoms with E-state index in [-0.39, 0.29) is 54.2 Å². The minimum atomic E-state index is -5.64. The molecule has 0 rings (SSSR count). The molecule has 6 nitrogen and oxygen atoms in total. The summed E-state index contributed by atoms with van der Waals surface area (Å²) in [5.74, 6) is 0. The molecular weight excluding hydrogens is 269 g/mol. The van der Waals surface area contributed by atoms with Crippen LogP contribution in [0.5, 0.6) is 0 Å². The van der Waals surface area contributed by atoms with Crippen LogP contribution in [0.25, 0.3) is 0 Å². The molecule has 0 atom stereocenters. The fourth-order valence-corrected chi connectivity index (χ4v) is 0. The van der Waals surface area contributed by atoms with E-state index in [1.54, 1.807) is 0 Å². The van der Waals surface area contributed by atoms with Gasteiger partial charge in [0.15, 0.2) is 0 Å². The van der Waals surface area contributed by atoms with E-state index in [4.69, 9.17) is 28.7 Å². The maximum Gasteiger partial charge on any atom is 2.00 e. The Morgan fingerprint density at radius 1 is 0.769 bits per heavy atom. The zero-order valence-electron chi connectivity index (χ0n) is 6.42. The Bertz CT molecular complexity index is 139. The Morgan fingerprint density at radius 2 is 0.769 bits per heavy atom. The predicted octanol–water partition coefficient (Wildman–Crippen LogP) is -8.43. The molecule has 0 amide bonds. The first-order valence-corrected chi connectivity index (χ1v) is 4.30. The van der Waals surface area contributed by atoms with Gasteiger partial charge in [0, 0.05) is 0 Å². The average Bonchev–Trinajstić information content (AvgIpc) is 1.12. The van der Waals surface area contributed by atoms with Gasteiger partial charge in [0.2, 0.25) is 0 Å². The van der Waals surface area contributed by atoms with Crippen LogP contribution >= 0.6 is 15.8 Å². The third kappa shape index (κ3) is 569. The van der Waals surface area contributed by atoms with Gasteiger partial charge in [-0.05, 0) is 0 Å². The van der Waals surface area contributed by atoms with Crippen molar-refractivity contribution in [1.29, 1.82) is 0 Å². The Labute approximate surface area is 107 Å². The van der Waals surface area contributed by atoms with E-state index in [0.29, 0.717) is 0 Å². The molecule has 0 aromatic heterocycles. The van der Waals surface area contributed by atoms with E-state index in [1.165, 1.54) is 0 Å². The Balaban J connectivity index is -0.0000000267. The normalized spacial score (nSPS) is 9.08. The maximum absolute atomic E-state index is 10.1. The summed E-state index contributed by atoms with van der Waals surface area (Å²) in [6.45, 7) is 0. The molecule has 0 heterocycles. The van der Waals surface area contributed by atoms with Crippen molar-refractivity contribution in [2.24, 2.45) is 0 Å². The summed E-state index contributed by atoms with van der Waals surface area (Å²) >= 11 is 0. The summed E-state index contributed by atoms with van der Waals surface area (Å²) in [7, 11) is -11.3. The molecule has 0 saturated carbocycles. The summed E-state index contributed by atoms with van der Waals surface area (Å²) in [5, 5.41) is 0. The van der Waals surface area contributed by atoms with Crippen LogP contribution in [0, 0.1) is 0 Å². The Morgan fingerprint density at radius 3 is 0.769 bits per heavy atom. The van der Waals surface area contributed by atoms with Gasteiger partial charge in [0.1, 0.15) is 15.8 Å². The fraction of sp³-hybridized carbons (Fsp3) is 0. The van der Waals surface area contributed by atoms with E-state index in [2.05, 4.69) is 0 Å². The van der Waals surface area contributed by atoms with Crippen molar-refractivity contribution in [1.82, 2.24) is 0 Å². The van der Waals surface area contributed by atoms with Gasteiger partial charge in [0.05, 0.1) is 0 Å². The van der Waals surface area contributed by atoms with Crippen molar-refractivity contribution in [3.63, 3.8) is 0 Å². The van der Waals surface area contributed by atoms with Gasteiger partial charge in [-0.3, -0.25) is 0 Å². The smallest absolute Gasteiger partial charge is 0.786 e. The third-order valence-electron chi connectivity index (χ3n) is 0. The van der Waals surface area contributed by atoms with E-state index in [9.17, 15) is 8.39 Å². The third-order valence-corrected chi connectivity index (χ3v) is 0. The van der Waals surface area contributed by atoms with Crippen molar-refractivity contribution in [2.75, 3.05) is 0 Å². The van der Waals surface area contributed by atoms with Crippen LogP contribution in [0.1, 0.15) is 0 Å². The van der Waals surface area contributed by atoms with Gasteiger partial charge < -0.3 is 28.7 Å². The molecule has 13 heteroatoms. The molecule has 0 saturated heterocycles. The molecule has 0 aliphatic heterocycles. The number of rotatable bonds is 0. The summed E-state index contributed by atoms with van der Waals surface area (Å²) < 4.78 is 37.1. The van der Waals surface area contributed by atoms with Crippen molar-refractivity contribution < 1.29 is 91.3 Å². The topological polar surface area (TPSA) is 126 Å². The van der Waals surface area contributed by atoms with Crippen molar-refractivity contribution in [3.8, 4) is 0 Å². The van der Waals surface area contributed by atoms with Crippen molar-refractivity contribution in [2.45, 2.75) is 0 Å². The number of hydrogen-bond donors (Lipinski definition) is 0. The molecule has 0 radical (unpaired) electrons. The standard InChI is InChI=1S/2FH2O3P.2Li.Ni/c2*1-5(2,3)4;;;/h2*(H2,2,3,4);;;/q;;2*+1;+2/p-4. The molecule has 72 valence electrons. The first-order chi connectivity index (χ1) is 4.00. The molecule has 0 bridgehead atoms. The minimum Gasteiger partial charge on any atom is -0.786 e. The second kappa shape index (κ2) is 11.9. The maximum atomic E-state index is 10.1. The zero-order chi connectivity index (χ0) is 9.00. The first-order valence-electron chi connectivity index (χ1n) is 1.43. The van der Waals surface area contributed by atoms with Crippen LogP contribution in [0.4, 0.5) is 8.39 Å². The summed E-state index contributed by atoms with van der Waals surface area (Å²) in [4.78, 5) is 33.8. The quantitative estimate of drug-likeness (QED) is 0.317. The molecule has 0 N–H and O–H groups in total. The van der Waals surface area contributed by atoms with Crippen LogP contribution < -0.4 is 57.3 Å². The van der Waals surface area contributed by atoms with E-state index in [1.807, 2.05) is 0 Å². The largest absolute Gasteiger partial charge is 2.00 e. The molecule has 0 spiro atoms. The summed E-state index contributed by atoms with van der Waals surface area (Å²) in [5.41, 5.74) is 0. The Kier molecular flexibility index (Phi) is 26.9. The molecular formula is F2Li2NiO6P2. The minimum absolute atomic E-state index is 0. The second-order valence-corrected chi connectivity index (χ2v) is 2.58. The zero-order valence-corrected chi connectivity index (χ0v) is 9.19. The Hall–Kier alpha value is 1.85. The van der Waals surface area contributed by atoms with E-state index < -0.39 is 15.8 Å². The van der Waals surface area contributed by atoms with Gasteiger partial charge >= 0.3 is 54.2 Å². The molecule has 0 aliphatic carbocycles. The first kappa shape index (κ1) is 29.4. The van der Waals surface area contributed by atoms with Gasteiger partial charge in [-0.1, -0.05) is 0 Å². The number of hydrogen-bond acceptors (Lipinski definition) is 6. The van der Waals surface area contributed by atoms with Gasteiger partial charge in [0.25, 0.3) is 0 Å². The fourth-order valence-electron chi connectivity index (χ4n) is 0. The van der Waals surface area contributed by atoms with Crippen LogP contribution in [-0.2, 0) is 25.6 Å². The van der Waals surface area contributed by atoms with Gasteiger partial charge in [-0.15, -0.1) is 0 Å². The van der Waals surface area contributed by atoms with Crippen LogP contribution in [0.3, 0.4) is 0 Å². The molecule has 0 fully saturated rings. The van der Waals surface area contributed by atoms with Crippen molar-refractivity contribution in [3.05, 3.63) is 0 Å². The second-order valence-electron chi connectivity index (χ2n) is 0.861. The van der Waals surface area contributed by atoms with Crippen molar-refractivity contribution >= 4 is 15.8 Å². The SMILES string of the molecule is O=P([O-])([O-])F.O=P([O-])([O-])F.[Li+].[Li+].[Ni+2]. The average molecular weight is 269 g/mol. The molecule has 13 heavy (non-hydrogen) atoms. The van der Waals surface area contributed by atoms with Gasteiger partial charge in [-0.25, -0.2) is 8.39 Å². The molecule has 0 aliphatic rings. The summed E-state index contributed by atoms with van der Waals surface area (Å²) in [6, 6.07) is 0. The molecule has 0 aromatic carbocycles. The number of halogens is 2. The monoisotopic (exact) mass is 268 g/mol. The predicted molar refractivity (Wildman–Crippen MR) is 17.4 cm³/mol. The van der Waals surface area contributed by atoms with Crippen LogP contribution in [-0.4, -0.2) is 0 Å². The summed E-state index contributed by atoms with van der Waals surface area (Å²) in [6.07, 6.45) is 0. The molecule has 0 unspecified atom stereocenters. The van der Waals surface area contributed by atoms with Crippen LogP contribution in [0.15, 0.2) is 0 Å². The van der Waals surface area contributed by atoms with E-state index in [0.717, 1.165) is 0 Å². The molecule has 0 aromatic rings. The van der Waals surface area contributed by atoms with Gasteiger partial charge in [-0.2, -0.15) is 0 Å². The van der Waals surface area contributed by atoms with E-state index >= 15 is 0 Å².